The number of rotatable bonds is 9. The smallest absolute Gasteiger partial charge is 0.123 e. The first-order chi connectivity index (χ1) is 9.08. The lowest BCUT2D eigenvalue weighted by Gasteiger charge is -2.14. The maximum Gasteiger partial charge on any atom is 0.123 e. The maximum atomic E-state index is 12.6. The summed E-state index contributed by atoms with van der Waals surface area (Å²) in [5.74, 6) is 0.316. The van der Waals surface area contributed by atoms with Crippen LogP contribution in [-0.2, 0) is 4.74 Å². The Kier molecular flexibility index (Phi) is 7.40. The summed E-state index contributed by atoms with van der Waals surface area (Å²) < 4.78 is 23.3. The fourth-order valence-corrected chi connectivity index (χ4v) is 1.40. The van der Waals surface area contributed by atoms with Crippen LogP contribution in [0.15, 0.2) is 24.3 Å². The molecule has 0 fully saturated rings. The van der Waals surface area contributed by atoms with E-state index >= 15 is 0 Å². The molecule has 1 aromatic carbocycles. The summed E-state index contributed by atoms with van der Waals surface area (Å²) in [6.07, 6.45) is -0.520. The molecule has 0 saturated heterocycles. The van der Waals surface area contributed by atoms with E-state index in [1.165, 1.54) is 12.1 Å². The van der Waals surface area contributed by atoms with E-state index in [0.29, 0.717) is 31.5 Å². The number of nitrogens with one attached hydrogen (secondary N) is 1. The van der Waals surface area contributed by atoms with Crippen LogP contribution in [0.2, 0.25) is 0 Å². The molecular formula is C14H22FNO3. The fraction of sp³-hybridized carbons (Fsp3) is 0.571. The van der Waals surface area contributed by atoms with E-state index in [4.69, 9.17) is 9.47 Å². The second-order valence-electron chi connectivity index (χ2n) is 4.59. The Morgan fingerprint density at radius 2 is 1.89 bits per heavy atom. The van der Waals surface area contributed by atoms with E-state index in [1.54, 1.807) is 12.1 Å². The Labute approximate surface area is 113 Å². The van der Waals surface area contributed by atoms with Gasteiger partial charge in [-0.1, -0.05) is 13.8 Å². The van der Waals surface area contributed by atoms with Crippen LogP contribution >= 0.6 is 0 Å². The standard InChI is InChI=1S/C14H22FNO3/c1-11(2)16-9-13(17)10-18-7-8-19-14-5-3-12(15)4-6-14/h3-6,11,13,16-17H,7-10H2,1-2H3/t13-/m0/s1. The molecule has 0 aliphatic rings. The van der Waals surface area contributed by atoms with Gasteiger partial charge < -0.3 is 19.9 Å². The van der Waals surface area contributed by atoms with E-state index in [9.17, 15) is 9.50 Å². The van der Waals surface area contributed by atoms with Crippen molar-refractivity contribution in [3.63, 3.8) is 0 Å². The Balaban J connectivity index is 2.03. The number of hydrogen-bond donors (Lipinski definition) is 2. The zero-order chi connectivity index (χ0) is 14.1. The third kappa shape index (κ3) is 7.77. The minimum atomic E-state index is -0.520. The van der Waals surface area contributed by atoms with Crippen LogP contribution in [0.4, 0.5) is 4.39 Å². The highest BCUT2D eigenvalue weighted by Crippen LogP contribution is 2.10. The van der Waals surface area contributed by atoms with Crippen molar-refractivity contribution < 1.29 is 19.0 Å². The van der Waals surface area contributed by atoms with Crippen molar-refractivity contribution in [2.24, 2.45) is 0 Å². The van der Waals surface area contributed by atoms with Gasteiger partial charge in [0.2, 0.25) is 0 Å². The Bertz CT molecular complexity index is 343. The van der Waals surface area contributed by atoms with Gasteiger partial charge in [-0.2, -0.15) is 0 Å². The van der Waals surface area contributed by atoms with Gasteiger partial charge in [0.05, 0.1) is 19.3 Å². The molecule has 0 heterocycles. The second-order valence-corrected chi connectivity index (χ2v) is 4.59. The van der Waals surface area contributed by atoms with E-state index in [-0.39, 0.29) is 12.4 Å². The highest BCUT2D eigenvalue weighted by atomic mass is 19.1. The lowest BCUT2D eigenvalue weighted by molar-refractivity contribution is 0.0244. The van der Waals surface area contributed by atoms with Crippen LogP contribution in [0, 0.1) is 5.82 Å². The Morgan fingerprint density at radius 1 is 1.21 bits per heavy atom. The molecule has 0 unspecified atom stereocenters. The van der Waals surface area contributed by atoms with Crippen molar-refractivity contribution in [2.75, 3.05) is 26.4 Å². The molecule has 0 radical (unpaired) electrons. The molecule has 0 aliphatic carbocycles. The van der Waals surface area contributed by atoms with Gasteiger partial charge in [0.25, 0.3) is 0 Å². The predicted molar refractivity (Wildman–Crippen MR) is 71.9 cm³/mol. The number of ether oxygens (including phenoxy) is 2. The number of hydrogen-bond acceptors (Lipinski definition) is 4. The molecule has 0 amide bonds. The second kappa shape index (κ2) is 8.85. The van der Waals surface area contributed by atoms with Gasteiger partial charge in [-0.05, 0) is 24.3 Å². The fourth-order valence-electron chi connectivity index (χ4n) is 1.40. The third-order valence-electron chi connectivity index (χ3n) is 2.38. The highest BCUT2D eigenvalue weighted by Gasteiger charge is 2.04. The highest BCUT2D eigenvalue weighted by molar-refractivity contribution is 5.21. The SMILES string of the molecule is CC(C)NC[C@H](O)COCCOc1ccc(F)cc1. The summed E-state index contributed by atoms with van der Waals surface area (Å²) in [6, 6.07) is 6.17. The predicted octanol–water partition coefficient (Wildman–Crippen LogP) is 1.58. The molecule has 4 nitrogen and oxygen atoms in total. The van der Waals surface area contributed by atoms with Crippen molar-refractivity contribution >= 4 is 0 Å². The van der Waals surface area contributed by atoms with E-state index in [0.717, 1.165) is 0 Å². The largest absolute Gasteiger partial charge is 0.491 e. The van der Waals surface area contributed by atoms with E-state index in [2.05, 4.69) is 5.32 Å². The number of aliphatic hydroxyl groups is 1. The minimum Gasteiger partial charge on any atom is -0.491 e. The van der Waals surface area contributed by atoms with Gasteiger partial charge in [0.15, 0.2) is 0 Å². The zero-order valence-corrected chi connectivity index (χ0v) is 11.4. The van der Waals surface area contributed by atoms with Crippen molar-refractivity contribution in [3.8, 4) is 5.75 Å². The zero-order valence-electron chi connectivity index (χ0n) is 11.4. The molecule has 0 aliphatic heterocycles. The number of halogens is 1. The quantitative estimate of drug-likeness (QED) is 0.670. The van der Waals surface area contributed by atoms with Crippen molar-refractivity contribution in [3.05, 3.63) is 30.1 Å². The summed E-state index contributed by atoms with van der Waals surface area (Å²) in [7, 11) is 0. The maximum absolute atomic E-state index is 12.6. The van der Waals surface area contributed by atoms with E-state index < -0.39 is 6.10 Å². The van der Waals surface area contributed by atoms with Gasteiger partial charge in [-0.3, -0.25) is 0 Å². The van der Waals surface area contributed by atoms with Gasteiger partial charge in [-0.15, -0.1) is 0 Å². The van der Waals surface area contributed by atoms with Gasteiger partial charge in [-0.25, -0.2) is 4.39 Å². The molecule has 1 aromatic rings. The number of aliphatic hydroxyl groups excluding tert-OH is 1. The van der Waals surface area contributed by atoms with Crippen LogP contribution in [0.3, 0.4) is 0 Å². The molecule has 2 N–H and O–H groups in total. The van der Waals surface area contributed by atoms with Gasteiger partial charge in [0.1, 0.15) is 18.2 Å². The topological polar surface area (TPSA) is 50.7 Å². The molecule has 1 rings (SSSR count). The van der Waals surface area contributed by atoms with Crippen molar-refractivity contribution in [2.45, 2.75) is 26.0 Å². The Hall–Kier alpha value is -1.17. The van der Waals surface area contributed by atoms with Gasteiger partial charge in [0, 0.05) is 12.6 Å². The van der Waals surface area contributed by atoms with Crippen molar-refractivity contribution in [1.82, 2.24) is 5.32 Å². The normalized spacial score (nSPS) is 12.7. The summed E-state index contributed by atoms with van der Waals surface area (Å²) in [6.45, 7) is 5.57. The summed E-state index contributed by atoms with van der Waals surface area (Å²) >= 11 is 0. The van der Waals surface area contributed by atoms with Crippen LogP contribution in [0.1, 0.15) is 13.8 Å². The number of benzene rings is 1. The Morgan fingerprint density at radius 3 is 2.53 bits per heavy atom. The third-order valence-corrected chi connectivity index (χ3v) is 2.38. The molecule has 108 valence electrons. The first kappa shape index (κ1) is 15.9. The van der Waals surface area contributed by atoms with Crippen LogP contribution in [0.5, 0.6) is 5.75 Å². The molecular weight excluding hydrogens is 249 g/mol. The van der Waals surface area contributed by atoms with Crippen LogP contribution in [-0.4, -0.2) is 43.6 Å². The molecule has 1 atom stereocenters. The van der Waals surface area contributed by atoms with Crippen LogP contribution < -0.4 is 10.1 Å². The lowest BCUT2D eigenvalue weighted by atomic mass is 10.3. The van der Waals surface area contributed by atoms with Gasteiger partial charge >= 0.3 is 0 Å². The van der Waals surface area contributed by atoms with Crippen LogP contribution in [0.25, 0.3) is 0 Å². The minimum absolute atomic E-state index is 0.270. The molecule has 5 heteroatoms. The first-order valence-electron chi connectivity index (χ1n) is 6.45. The summed E-state index contributed by atoms with van der Waals surface area (Å²) in [5, 5.41) is 12.7. The average molecular weight is 271 g/mol. The average Bonchev–Trinajstić information content (AvgIpc) is 2.38. The molecule has 0 bridgehead atoms. The molecule has 0 spiro atoms. The lowest BCUT2D eigenvalue weighted by Crippen LogP contribution is -2.34. The monoisotopic (exact) mass is 271 g/mol. The summed E-state index contributed by atoms with van der Waals surface area (Å²) in [5.41, 5.74) is 0. The van der Waals surface area contributed by atoms with E-state index in [1.807, 2.05) is 13.8 Å². The van der Waals surface area contributed by atoms with Crippen molar-refractivity contribution in [1.29, 1.82) is 0 Å². The molecule has 0 saturated carbocycles. The molecule has 0 aromatic heterocycles. The molecule has 19 heavy (non-hydrogen) atoms. The summed E-state index contributed by atoms with van der Waals surface area (Å²) in [4.78, 5) is 0. The first-order valence-corrected chi connectivity index (χ1v) is 6.45.